The summed E-state index contributed by atoms with van der Waals surface area (Å²) in [6, 6.07) is 5.50. The van der Waals surface area contributed by atoms with Gasteiger partial charge >= 0.3 is 41.0 Å². The Morgan fingerprint density at radius 3 is 2.20 bits per heavy atom. The largest absolute Gasteiger partial charge is 2.00 e. The number of fused-ring (bicyclic) bond motifs is 8. The molecule has 228 valence electrons. The molecule has 0 saturated heterocycles. The number of carboxylic acid groups (broad SMARTS) is 3. The summed E-state index contributed by atoms with van der Waals surface area (Å²) in [5, 5.41) is 29.8. The summed E-state index contributed by atoms with van der Waals surface area (Å²) >= 11 is 0. The van der Waals surface area contributed by atoms with E-state index in [4.69, 9.17) is 19.9 Å². The third kappa shape index (κ3) is 6.06. The van der Waals surface area contributed by atoms with Crippen molar-refractivity contribution < 1.29 is 29.7 Å². The van der Waals surface area contributed by atoms with Gasteiger partial charge in [0.25, 0.3) is 0 Å². The van der Waals surface area contributed by atoms with Crippen molar-refractivity contribution in [3.63, 3.8) is 0 Å². The van der Waals surface area contributed by atoms with Crippen molar-refractivity contribution in [1.29, 1.82) is 0 Å². The van der Waals surface area contributed by atoms with E-state index in [1.807, 2.05) is 39.8 Å². The van der Waals surface area contributed by atoms with Gasteiger partial charge in [-0.3, -0.25) is 14.6 Å². The second kappa shape index (κ2) is 13.0. The van der Waals surface area contributed by atoms with Crippen LogP contribution >= 0.6 is 0 Å². The SMILES string of the molecule is C=Cc1c(C)c2cc3nc(c(CC(=O)O)c4[n-]c(cc5nc(cc1[n-]2)C(C)=C5CC)c(C)c4C(=O)O)C(CCC(=O)O)[C@@H]3C.[Mg+2]. The Balaban J connectivity index is 0.00000461. The summed E-state index contributed by atoms with van der Waals surface area (Å²) in [6.07, 6.45) is 1.90. The normalized spacial score (nSPS) is 15.9. The summed E-state index contributed by atoms with van der Waals surface area (Å²) in [7, 11) is 0. The Labute approximate surface area is 276 Å². The zero-order valence-electron chi connectivity index (χ0n) is 26.1. The van der Waals surface area contributed by atoms with Gasteiger partial charge in [0.2, 0.25) is 0 Å². The van der Waals surface area contributed by atoms with Gasteiger partial charge in [0.05, 0.1) is 17.8 Å². The van der Waals surface area contributed by atoms with Crippen LogP contribution in [0.15, 0.2) is 24.8 Å². The van der Waals surface area contributed by atoms with E-state index in [9.17, 15) is 29.7 Å². The van der Waals surface area contributed by atoms with Gasteiger partial charge in [0.15, 0.2) is 0 Å². The van der Waals surface area contributed by atoms with Crippen LogP contribution in [0, 0.1) is 13.8 Å². The number of aliphatic carboxylic acids is 2. The molecule has 5 rings (SSSR count). The summed E-state index contributed by atoms with van der Waals surface area (Å²) < 4.78 is 0. The molecule has 10 nitrogen and oxygen atoms in total. The van der Waals surface area contributed by atoms with E-state index in [1.165, 1.54) is 0 Å². The Morgan fingerprint density at radius 1 is 0.933 bits per heavy atom. The Kier molecular flexibility index (Phi) is 9.74. The minimum Gasteiger partial charge on any atom is -0.657 e. The van der Waals surface area contributed by atoms with Crippen LogP contribution in [0.5, 0.6) is 0 Å². The fourth-order valence-corrected chi connectivity index (χ4v) is 6.37. The van der Waals surface area contributed by atoms with Gasteiger partial charge in [-0.05, 0) is 55.9 Å². The van der Waals surface area contributed by atoms with Gasteiger partial charge < -0.3 is 25.3 Å². The fourth-order valence-electron chi connectivity index (χ4n) is 6.37. The quantitative estimate of drug-likeness (QED) is 0.260. The van der Waals surface area contributed by atoms with Crippen molar-refractivity contribution in [2.45, 2.75) is 72.1 Å². The molecule has 0 fully saturated rings. The van der Waals surface area contributed by atoms with Crippen LogP contribution in [-0.2, 0) is 16.0 Å². The minimum atomic E-state index is -1.24. The molecule has 0 spiro atoms. The van der Waals surface area contributed by atoms with Crippen LogP contribution in [-0.4, -0.2) is 66.2 Å². The third-order valence-corrected chi connectivity index (χ3v) is 8.79. The molecule has 3 aromatic rings. The van der Waals surface area contributed by atoms with Crippen molar-refractivity contribution in [2.24, 2.45) is 0 Å². The molecule has 5 heterocycles. The van der Waals surface area contributed by atoms with Gasteiger partial charge in [-0.1, -0.05) is 55.8 Å². The first-order valence-electron chi connectivity index (χ1n) is 14.5. The van der Waals surface area contributed by atoms with Crippen molar-refractivity contribution >= 4 is 80.2 Å². The van der Waals surface area contributed by atoms with Crippen molar-refractivity contribution in [2.75, 3.05) is 0 Å². The van der Waals surface area contributed by atoms with E-state index in [0.29, 0.717) is 45.6 Å². The van der Waals surface area contributed by atoms with Gasteiger partial charge in [-0.2, -0.15) is 0 Å². The van der Waals surface area contributed by atoms with E-state index in [-0.39, 0.29) is 58.5 Å². The van der Waals surface area contributed by atoms with Crippen molar-refractivity contribution in [3.8, 4) is 0 Å². The number of nitrogens with zero attached hydrogens (tertiary/aromatic N) is 4. The molecule has 0 aromatic carbocycles. The smallest absolute Gasteiger partial charge is 0.657 e. The summed E-state index contributed by atoms with van der Waals surface area (Å²) in [4.78, 5) is 56.0. The molecule has 2 atom stereocenters. The first-order chi connectivity index (χ1) is 20.9. The minimum absolute atomic E-state index is 0. The molecular formula is C34H34MgN4O6. The molecule has 3 N–H and O–H groups in total. The monoisotopic (exact) mass is 618 g/mol. The molecule has 11 heteroatoms. The number of hydrogen-bond donors (Lipinski definition) is 3. The van der Waals surface area contributed by atoms with E-state index in [2.05, 4.69) is 6.58 Å². The van der Waals surface area contributed by atoms with E-state index < -0.39 is 30.2 Å². The maximum atomic E-state index is 12.7. The molecule has 2 aliphatic rings. The number of hydrogen-bond acceptors (Lipinski definition) is 5. The predicted octanol–water partition coefficient (Wildman–Crippen LogP) is 5.87. The number of carbonyl (C=O) groups is 3. The van der Waals surface area contributed by atoms with E-state index in [0.717, 1.165) is 28.0 Å². The summed E-state index contributed by atoms with van der Waals surface area (Å²) in [6.45, 7) is 13.5. The molecule has 45 heavy (non-hydrogen) atoms. The number of carboxylic acids is 3. The van der Waals surface area contributed by atoms with Crippen LogP contribution < -0.4 is 9.97 Å². The maximum Gasteiger partial charge on any atom is 2.00 e. The number of rotatable bonds is 8. The topological polar surface area (TPSA) is 166 Å². The van der Waals surface area contributed by atoms with Gasteiger partial charge in [0, 0.05) is 35.2 Å². The molecule has 3 aromatic heterocycles. The van der Waals surface area contributed by atoms with Crippen LogP contribution in [0.3, 0.4) is 0 Å². The fraction of sp³-hybridized carbons (Fsp3) is 0.324. The molecule has 0 saturated carbocycles. The van der Waals surface area contributed by atoms with Gasteiger partial charge in [-0.15, -0.1) is 22.1 Å². The number of allylic oxidation sites excluding steroid dienone is 2. The first-order valence-corrected chi connectivity index (χ1v) is 14.5. The molecule has 0 radical (unpaired) electrons. The number of aromatic nitrogens is 4. The number of aryl methyl sites for hydroxylation is 2. The summed E-state index contributed by atoms with van der Waals surface area (Å²) in [5.41, 5.74) is 8.16. The van der Waals surface area contributed by atoms with Crippen LogP contribution in [0.4, 0.5) is 0 Å². The molecule has 0 aliphatic carbocycles. The second-order valence-electron chi connectivity index (χ2n) is 11.3. The zero-order chi connectivity index (χ0) is 32.0. The molecule has 0 amide bonds. The van der Waals surface area contributed by atoms with Crippen LogP contribution in [0.25, 0.3) is 39.3 Å². The molecule has 1 unspecified atom stereocenters. The average Bonchev–Trinajstić information content (AvgIpc) is 3.63. The van der Waals surface area contributed by atoms with Crippen molar-refractivity contribution in [1.82, 2.24) is 19.9 Å². The molecular weight excluding hydrogens is 585 g/mol. The van der Waals surface area contributed by atoms with Gasteiger partial charge in [0.1, 0.15) is 0 Å². The van der Waals surface area contributed by atoms with Crippen molar-refractivity contribution in [3.05, 3.63) is 75.4 Å². The van der Waals surface area contributed by atoms with E-state index >= 15 is 0 Å². The van der Waals surface area contributed by atoms with Crippen LogP contribution in [0.1, 0.15) is 107 Å². The van der Waals surface area contributed by atoms with Gasteiger partial charge in [-0.25, -0.2) is 9.78 Å². The third-order valence-electron chi connectivity index (χ3n) is 8.79. The average molecular weight is 619 g/mol. The van der Waals surface area contributed by atoms with Crippen LogP contribution in [0.2, 0.25) is 0 Å². The zero-order valence-corrected chi connectivity index (χ0v) is 27.5. The maximum absolute atomic E-state index is 12.7. The Bertz CT molecular complexity index is 1950. The number of aromatic carboxylic acids is 1. The molecule has 2 aliphatic heterocycles. The predicted molar refractivity (Wildman–Crippen MR) is 173 cm³/mol. The van der Waals surface area contributed by atoms with E-state index in [1.54, 1.807) is 19.1 Å². The summed E-state index contributed by atoms with van der Waals surface area (Å²) in [5.74, 6) is -4.21. The standard InChI is InChI=1S/C34H36N4O6.Mg/c1-7-19-15(3)23-12-25-17(5)21(9-10-29(39)40)32(37-25)22(11-30(41)42)33-31(34(43)44)18(6)26(38-33)14-28-20(8-2)16(4)24(36-28)13-27(19)35-23;/h7,12-14,17,21H,1,8-11H2,2-6H3,(H5,35,36,37,38,39,40,41,42,43,44);/q;+2/p-2/t17-,21?;/m0./s1. The first kappa shape index (κ1) is 33.7. The Morgan fingerprint density at radius 2 is 1.60 bits per heavy atom. The molecule has 8 bridgehead atoms. The second-order valence-corrected chi connectivity index (χ2v) is 11.3. The Hall–Kier alpha value is -4.22.